The monoisotopic (exact) mass is 532 g/mol. The molecule has 4 atom stereocenters. The van der Waals surface area contributed by atoms with Gasteiger partial charge in [0, 0.05) is 33.1 Å². The number of aliphatic hydroxyl groups excluding tert-OH is 1. The number of ether oxygens (including phenoxy) is 1. The molecule has 0 radical (unpaired) electrons. The molecule has 3 rings (SSSR count). The standard InChI is InChI=1S/C19H21IN2O6S/c1-10-15-14(11(2)23)18(24)21(15)16(17(10)29-8-7-20)19(25)28-9-12-3-5-13(6-4-12)22(26)27/h3-6,10-11,14-15,23H,7-9H2,1-2H3/t10-,11+,14-,15?/m0/s1. The predicted molar refractivity (Wildman–Crippen MR) is 116 cm³/mol. The zero-order valence-electron chi connectivity index (χ0n) is 15.9. The van der Waals surface area contributed by atoms with Crippen LogP contribution in [0.15, 0.2) is 34.9 Å². The Morgan fingerprint density at radius 1 is 1.41 bits per heavy atom. The van der Waals surface area contributed by atoms with Gasteiger partial charge in [-0.3, -0.25) is 14.9 Å². The maximum absolute atomic E-state index is 12.9. The number of alkyl halides is 1. The van der Waals surface area contributed by atoms with Crippen molar-refractivity contribution in [3.63, 3.8) is 0 Å². The average molecular weight is 532 g/mol. The number of halogens is 1. The smallest absolute Gasteiger partial charge is 0.356 e. The third kappa shape index (κ3) is 4.15. The molecular formula is C19H21IN2O6S. The van der Waals surface area contributed by atoms with Crippen molar-refractivity contribution in [3.05, 3.63) is 50.5 Å². The van der Waals surface area contributed by atoms with E-state index >= 15 is 0 Å². The molecule has 2 aliphatic rings. The van der Waals surface area contributed by atoms with Crippen LogP contribution in [0, 0.1) is 22.0 Å². The highest BCUT2D eigenvalue weighted by Gasteiger charge is 2.60. The van der Waals surface area contributed by atoms with Crippen LogP contribution in [-0.4, -0.2) is 49.1 Å². The van der Waals surface area contributed by atoms with Gasteiger partial charge in [-0.2, -0.15) is 0 Å². The first kappa shape index (κ1) is 22.0. The first-order chi connectivity index (χ1) is 13.8. The molecule has 1 N–H and O–H groups in total. The lowest BCUT2D eigenvalue weighted by molar-refractivity contribution is -0.384. The molecule has 29 heavy (non-hydrogen) atoms. The van der Waals surface area contributed by atoms with Gasteiger partial charge in [0.15, 0.2) is 0 Å². The van der Waals surface area contributed by atoms with Crippen molar-refractivity contribution in [2.45, 2.75) is 32.6 Å². The van der Waals surface area contributed by atoms with E-state index in [1.165, 1.54) is 40.9 Å². The summed E-state index contributed by atoms with van der Waals surface area (Å²) in [5, 5.41) is 20.7. The molecule has 1 saturated heterocycles. The van der Waals surface area contributed by atoms with Crippen LogP contribution < -0.4 is 0 Å². The fraction of sp³-hybridized carbons (Fsp3) is 0.474. The van der Waals surface area contributed by atoms with Gasteiger partial charge in [-0.1, -0.05) is 29.5 Å². The van der Waals surface area contributed by atoms with E-state index in [9.17, 15) is 24.8 Å². The van der Waals surface area contributed by atoms with Crippen LogP contribution in [0.2, 0.25) is 0 Å². The number of aliphatic hydroxyl groups is 1. The van der Waals surface area contributed by atoms with Crippen LogP contribution in [0.25, 0.3) is 0 Å². The Morgan fingerprint density at radius 2 is 2.07 bits per heavy atom. The number of carbonyl (C=O) groups excluding carboxylic acids is 2. The van der Waals surface area contributed by atoms with Crippen molar-refractivity contribution in [2.75, 3.05) is 10.2 Å². The van der Waals surface area contributed by atoms with Gasteiger partial charge in [0.25, 0.3) is 5.69 Å². The van der Waals surface area contributed by atoms with Crippen molar-refractivity contribution in [3.8, 4) is 0 Å². The van der Waals surface area contributed by atoms with Crippen LogP contribution in [0.3, 0.4) is 0 Å². The summed E-state index contributed by atoms with van der Waals surface area (Å²) in [6.45, 7) is 3.51. The normalized spacial score (nSPS) is 24.2. The molecule has 8 nitrogen and oxygen atoms in total. The molecule has 2 aliphatic heterocycles. The number of benzene rings is 1. The fourth-order valence-corrected chi connectivity index (χ4v) is 5.46. The number of nitro benzene ring substituents is 1. The number of nitrogens with zero attached hydrogens (tertiary/aromatic N) is 2. The molecule has 1 amide bonds. The molecule has 1 aromatic carbocycles. The third-order valence-corrected chi connectivity index (χ3v) is 7.71. The maximum atomic E-state index is 12.9. The van der Waals surface area contributed by atoms with Crippen LogP contribution >= 0.6 is 34.4 Å². The maximum Gasteiger partial charge on any atom is 0.356 e. The number of amides is 1. The zero-order valence-corrected chi connectivity index (χ0v) is 18.9. The average Bonchev–Trinajstić information content (AvgIpc) is 2.92. The second-order valence-electron chi connectivity index (χ2n) is 7.00. The summed E-state index contributed by atoms with van der Waals surface area (Å²) in [6, 6.07) is 5.53. The zero-order chi connectivity index (χ0) is 21.3. The SMILES string of the molecule is C[C@@H]1C(SCCI)=C(C(=O)OCc2ccc([N+](=O)[O-])cc2)N2C(=O)[C@@H]([C@@H](C)O)C12. The van der Waals surface area contributed by atoms with E-state index in [1.807, 2.05) is 6.92 Å². The Kier molecular flexibility index (Phi) is 6.84. The number of esters is 1. The molecule has 1 aromatic rings. The van der Waals surface area contributed by atoms with Gasteiger partial charge in [0.1, 0.15) is 12.3 Å². The first-order valence-corrected chi connectivity index (χ1v) is 11.6. The number of rotatable bonds is 8. The largest absolute Gasteiger partial charge is 0.456 e. The van der Waals surface area contributed by atoms with E-state index in [0.717, 1.165) is 15.1 Å². The van der Waals surface area contributed by atoms with Gasteiger partial charge < -0.3 is 14.7 Å². The fourth-order valence-electron chi connectivity index (χ4n) is 3.79. The Balaban J connectivity index is 1.77. The quantitative estimate of drug-likeness (QED) is 0.137. The minimum absolute atomic E-state index is 0.0388. The predicted octanol–water partition coefficient (Wildman–Crippen LogP) is 2.88. The molecule has 2 heterocycles. The first-order valence-electron chi connectivity index (χ1n) is 9.12. The topological polar surface area (TPSA) is 110 Å². The Bertz CT molecular complexity index is 857. The minimum Gasteiger partial charge on any atom is -0.456 e. The van der Waals surface area contributed by atoms with Gasteiger partial charge in [0.05, 0.1) is 23.0 Å². The highest BCUT2D eigenvalue weighted by atomic mass is 127. The van der Waals surface area contributed by atoms with Crippen LogP contribution in [-0.2, 0) is 20.9 Å². The van der Waals surface area contributed by atoms with E-state index < -0.39 is 22.9 Å². The van der Waals surface area contributed by atoms with Crippen molar-refractivity contribution >= 4 is 51.9 Å². The van der Waals surface area contributed by atoms with Gasteiger partial charge in [-0.25, -0.2) is 4.79 Å². The molecule has 0 aliphatic carbocycles. The van der Waals surface area contributed by atoms with E-state index in [4.69, 9.17) is 4.74 Å². The highest BCUT2D eigenvalue weighted by Crippen LogP contribution is 2.50. The molecule has 0 spiro atoms. The van der Waals surface area contributed by atoms with E-state index in [0.29, 0.717) is 5.56 Å². The Labute approximate surface area is 186 Å². The van der Waals surface area contributed by atoms with Crippen molar-refractivity contribution in [1.82, 2.24) is 4.90 Å². The molecule has 1 fully saturated rings. The summed E-state index contributed by atoms with van der Waals surface area (Å²) in [4.78, 5) is 38.0. The number of hydrogen-bond donors (Lipinski definition) is 1. The summed E-state index contributed by atoms with van der Waals surface area (Å²) in [7, 11) is 0. The number of carbonyl (C=O) groups is 2. The summed E-state index contributed by atoms with van der Waals surface area (Å²) in [5.41, 5.74) is 0.842. The number of thioether (sulfide) groups is 1. The number of fused-ring (bicyclic) bond motifs is 1. The lowest BCUT2D eigenvalue weighted by Crippen LogP contribution is -2.63. The van der Waals surface area contributed by atoms with Crippen molar-refractivity contribution in [2.24, 2.45) is 11.8 Å². The number of β-lactam (4-membered cyclic amide) rings is 1. The molecule has 156 valence electrons. The van der Waals surface area contributed by atoms with Crippen LogP contribution in [0.1, 0.15) is 19.4 Å². The molecule has 0 aromatic heterocycles. The van der Waals surface area contributed by atoms with Crippen molar-refractivity contribution in [1.29, 1.82) is 0 Å². The summed E-state index contributed by atoms with van der Waals surface area (Å²) >= 11 is 3.79. The second kappa shape index (κ2) is 9.00. The van der Waals surface area contributed by atoms with E-state index in [-0.39, 0.29) is 35.9 Å². The minimum atomic E-state index is -0.780. The lowest BCUT2D eigenvalue weighted by Gasteiger charge is -2.46. The Morgan fingerprint density at radius 3 is 2.62 bits per heavy atom. The molecule has 1 unspecified atom stereocenters. The lowest BCUT2D eigenvalue weighted by atomic mass is 9.79. The van der Waals surface area contributed by atoms with Crippen LogP contribution in [0.4, 0.5) is 5.69 Å². The summed E-state index contributed by atoms with van der Waals surface area (Å²) in [6.07, 6.45) is -0.780. The number of non-ortho nitro benzene ring substituents is 1. The molecule has 0 bridgehead atoms. The number of hydrogen-bond acceptors (Lipinski definition) is 7. The van der Waals surface area contributed by atoms with E-state index in [2.05, 4.69) is 22.6 Å². The molecule has 10 heteroatoms. The molecular weight excluding hydrogens is 511 g/mol. The Hall–Kier alpha value is -1.66. The van der Waals surface area contributed by atoms with Gasteiger partial charge in [-0.05, 0) is 24.6 Å². The highest BCUT2D eigenvalue weighted by molar-refractivity contribution is 14.1. The van der Waals surface area contributed by atoms with Crippen LogP contribution in [0.5, 0.6) is 0 Å². The van der Waals surface area contributed by atoms with Gasteiger partial charge in [0.2, 0.25) is 5.91 Å². The summed E-state index contributed by atoms with van der Waals surface area (Å²) < 4.78 is 6.32. The second-order valence-corrected chi connectivity index (χ2v) is 9.22. The third-order valence-electron chi connectivity index (χ3n) is 5.15. The summed E-state index contributed by atoms with van der Waals surface area (Å²) in [5.74, 6) is -0.620. The van der Waals surface area contributed by atoms with Gasteiger partial charge >= 0.3 is 5.97 Å². The molecule has 0 saturated carbocycles. The number of nitro groups is 1. The van der Waals surface area contributed by atoms with E-state index in [1.54, 1.807) is 6.92 Å². The van der Waals surface area contributed by atoms with Crippen molar-refractivity contribution < 1.29 is 24.4 Å². The van der Waals surface area contributed by atoms with Gasteiger partial charge in [-0.15, -0.1) is 11.8 Å².